The summed E-state index contributed by atoms with van der Waals surface area (Å²) in [6, 6.07) is 8.45. The van der Waals surface area contributed by atoms with Crippen LogP contribution in [0.2, 0.25) is 10.0 Å². The van der Waals surface area contributed by atoms with Crippen molar-refractivity contribution < 1.29 is 4.79 Å². The van der Waals surface area contributed by atoms with Crippen molar-refractivity contribution in [2.75, 3.05) is 5.32 Å². The van der Waals surface area contributed by atoms with E-state index in [0.717, 1.165) is 11.3 Å². The number of halogens is 2. The van der Waals surface area contributed by atoms with Gasteiger partial charge in [-0.2, -0.15) is 0 Å². The van der Waals surface area contributed by atoms with E-state index >= 15 is 0 Å². The zero-order valence-electron chi connectivity index (χ0n) is 11.1. The molecule has 2 aromatic heterocycles. The lowest BCUT2D eigenvalue weighted by Crippen LogP contribution is -2.12. The van der Waals surface area contributed by atoms with E-state index in [1.165, 1.54) is 17.4 Å². The van der Waals surface area contributed by atoms with Gasteiger partial charge in [-0.25, -0.2) is 4.98 Å². The second kappa shape index (κ2) is 6.44. The van der Waals surface area contributed by atoms with Crippen LogP contribution in [-0.2, 0) is 0 Å². The number of benzene rings is 1. The fourth-order valence-corrected chi connectivity index (χ4v) is 2.91. The average molecular weight is 350 g/mol. The second-order valence-corrected chi connectivity index (χ2v) is 6.05. The summed E-state index contributed by atoms with van der Waals surface area (Å²) in [5.41, 5.74) is 2.03. The topological polar surface area (TPSA) is 54.9 Å². The summed E-state index contributed by atoms with van der Waals surface area (Å²) >= 11 is 13.2. The highest BCUT2D eigenvalue weighted by Crippen LogP contribution is 2.26. The summed E-state index contributed by atoms with van der Waals surface area (Å²) in [7, 11) is 0. The van der Waals surface area contributed by atoms with Crippen LogP contribution in [0.3, 0.4) is 0 Å². The van der Waals surface area contributed by atoms with Gasteiger partial charge in [-0.15, -0.1) is 11.3 Å². The van der Waals surface area contributed by atoms with Gasteiger partial charge in [-0.1, -0.05) is 23.2 Å². The van der Waals surface area contributed by atoms with Gasteiger partial charge in [-0.05, 0) is 30.3 Å². The zero-order valence-corrected chi connectivity index (χ0v) is 13.4. The number of anilines is 1. The van der Waals surface area contributed by atoms with Crippen molar-refractivity contribution in [2.45, 2.75) is 0 Å². The van der Waals surface area contributed by atoms with E-state index in [-0.39, 0.29) is 5.91 Å². The van der Waals surface area contributed by atoms with Crippen LogP contribution < -0.4 is 5.32 Å². The lowest BCUT2D eigenvalue weighted by molar-refractivity contribution is 0.102. The highest BCUT2D eigenvalue weighted by Gasteiger charge is 2.13. The molecular weight excluding hydrogens is 341 g/mol. The van der Waals surface area contributed by atoms with Crippen molar-refractivity contribution in [1.82, 2.24) is 9.97 Å². The number of pyridine rings is 1. The first kappa shape index (κ1) is 15.0. The van der Waals surface area contributed by atoms with Crippen molar-refractivity contribution >= 4 is 45.6 Å². The van der Waals surface area contributed by atoms with Gasteiger partial charge in [0.2, 0.25) is 0 Å². The van der Waals surface area contributed by atoms with Gasteiger partial charge in [0.1, 0.15) is 0 Å². The maximum absolute atomic E-state index is 12.2. The third-order valence-electron chi connectivity index (χ3n) is 2.87. The Hall–Kier alpha value is -1.95. The fraction of sp³-hybridized carbons (Fsp3) is 0. The summed E-state index contributed by atoms with van der Waals surface area (Å²) in [6.45, 7) is 0. The fourth-order valence-electron chi connectivity index (χ4n) is 1.82. The molecule has 0 aliphatic rings. The molecule has 2 heterocycles. The number of aromatic nitrogens is 2. The van der Waals surface area contributed by atoms with E-state index in [1.54, 1.807) is 24.5 Å². The molecule has 110 valence electrons. The first-order valence-electron chi connectivity index (χ1n) is 6.26. The number of amides is 1. The first-order chi connectivity index (χ1) is 10.6. The van der Waals surface area contributed by atoms with Crippen molar-refractivity contribution in [3.8, 4) is 11.3 Å². The number of carbonyl (C=O) groups excluding carboxylic acids is 1. The highest BCUT2D eigenvalue weighted by molar-refractivity contribution is 7.14. The van der Waals surface area contributed by atoms with Gasteiger partial charge in [0.15, 0.2) is 5.13 Å². The van der Waals surface area contributed by atoms with Gasteiger partial charge >= 0.3 is 0 Å². The van der Waals surface area contributed by atoms with Crippen LogP contribution in [0.4, 0.5) is 5.13 Å². The minimum absolute atomic E-state index is 0.315. The molecule has 0 atom stereocenters. The summed E-state index contributed by atoms with van der Waals surface area (Å²) in [6.07, 6.45) is 3.39. The van der Waals surface area contributed by atoms with Crippen LogP contribution in [0.5, 0.6) is 0 Å². The molecule has 0 radical (unpaired) electrons. The van der Waals surface area contributed by atoms with Crippen LogP contribution in [-0.4, -0.2) is 15.9 Å². The monoisotopic (exact) mass is 349 g/mol. The van der Waals surface area contributed by atoms with E-state index in [4.69, 9.17) is 23.2 Å². The maximum Gasteiger partial charge on any atom is 0.259 e. The molecule has 0 saturated heterocycles. The number of carbonyl (C=O) groups is 1. The van der Waals surface area contributed by atoms with Crippen LogP contribution >= 0.6 is 34.5 Å². The zero-order chi connectivity index (χ0) is 15.5. The molecule has 0 aliphatic carbocycles. The predicted octanol–water partition coefficient (Wildman–Crippen LogP) is 4.76. The standard InChI is InChI=1S/C15H9Cl2N3OS/c16-10-1-2-12(17)11(7-10)14(21)20-15-19-13(8-22-15)9-3-5-18-6-4-9/h1-8H,(H,19,20,21). The molecule has 22 heavy (non-hydrogen) atoms. The molecule has 0 unspecified atom stereocenters. The molecule has 1 N–H and O–H groups in total. The summed E-state index contributed by atoms with van der Waals surface area (Å²) in [5.74, 6) is -0.344. The summed E-state index contributed by atoms with van der Waals surface area (Å²) in [5, 5.41) is 5.88. The number of rotatable bonds is 3. The first-order valence-corrected chi connectivity index (χ1v) is 7.89. The largest absolute Gasteiger partial charge is 0.298 e. The van der Waals surface area contributed by atoms with Crippen molar-refractivity contribution in [3.05, 3.63) is 63.7 Å². The molecule has 0 spiro atoms. The highest BCUT2D eigenvalue weighted by atomic mass is 35.5. The Morgan fingerprint density at radius 2 is 1.91 bits per heavy atom. The third kappa shape index (κ3) is 3.27. The van der Waals surface area contributed by atoms with Gasteiger partial charge in [0.05, 0.1) is 16.3 Å². The van der Waals surface area contributed by atoms with Crippen LogP contribution in [0.25, 0.3) is 11.3 Å². The lowest BCUT2D eigenvalue weighted by Gasteiger charge is -2.04. The normalized spacial score (nSPS) is 10.5. The molecule has 0 fully saturated rings. The van der Waals surface area contributed by atoms with E-state index in [0.29, 0.717) is 20.7 Å². The minimum atomic E-state index is -0.344. The number of hydrogen-bond donors (Lipinski definition) is 1. The molecule has 0 saturated carbocycles. The molecule has 1 aromatic carbocycles. The Morgan fingerprint density at radius 3 is 2.68 bits per heavy atom. The van der Waals surface area contributed by atoms with E-state index in [1.807, 2.05) is 17.5 Å². The Kier molecular flexibility index (Phi) is 4.38. The Bertz CT molecular complexity index is 821. The molecule has 3 aromatic rings. The van der Waals surface area contributed by atoms with Crippen LogP contribution in [0.1, 0.15) is 10.4 Å². The molecule has 3 rings (SSSR count). The van der Waals surface area contributed by atoms with Crippen molar-refractivity contribution in [2.24, 2.45) is 0 Å². The smallest absolute Gasteiger partial charge is 0.259 e. The van der Waals surface area contributed by atoms with E-state index in [9.17, 15) is 4.79 Å². The lowest BCUT2D eigenvalue weighted by atomic mass is 10.2. The van der Waals surface area contributed by atoms with E-state index in [2.05, 4.69) is 15.3 Å². The maximum atomic E-state index is 12.2. The molecule has 0 bridgehead atoms. The quantitative estimate of drug-likeness (QED) is 0.741. The van der Waals surface area contributed by atoms with Gasteiger partial charge in [0.25, 0.3) is 5.91 Å². The van der Waals surface area contributed by atoms with Crippen LogP contribution in [0, 0.1) is 0 Å². The number of hydrogen-bond acceptors (Lipinski definition) is 4. The Labute approximate surface area is 140 Å². The van der Waals surface area contributed by atoms with Crippen LogP contribution in [0.15, 0.2) is 48.1 Å². The number of thiazole rings is 1. The SMILES string of the molecule is O=C(Nc1nc(-c2ccncc2)cs1)c1cc(Cl)ccc1Cl. The summed E-state index contributed by atoms with van der Waals surface area (Å²) in [4.78, 5) is 20.6. The molecule has 4 nitrogen and oxygen atoms in total. The third-order valence-corrected chi connectivity index (χ3v) is 4.20. The predicted molar refractivity (Wildman–Crippen MR) is 89.8 cm³/mol. The van der Waals surface area contributed by atoms with Gasteiger partial charge in [-0.3, -0.25) is 15.1 Å². The minimum Gasteiger partial charge on any atom is -0.298 e. The number of nitrogens with zero attached hydrogens (tertiary/aromatic N) is 2. The van der Waals surface area contributed by atoms with E-state index < -0.39 is 0 Å². The van der Waals surface area contributed by atoms with Gasteiger partial charge < -0.3 is 0 Å². The van der Waals surface area contributed by atoms with Gasteiger partial charge in [0, 0.05) is 28.4 Å². The molecule has 1 amide bonds. The molecule has 7 heteroatoms. The Balaban J connectivity index is 1.81. The summed E-state index contributed by atoms with van der Waals surface area (Å²) < 4.78 is 0. The van der Waals surface area contributed by atoms with Crippen molar-refractivity contribution in [3.63, 3.8) is 0 Å². The number of nitrogens with one attached hydrogen (secondary N) is 1. The average Bonchev–Trinajstić information content (AvgIpc) is 2.99. The Morgan fingerprint density at radius 1 is 1.14 bits per heavy atom. The van der Waals surface area contributed by atoms with Crippen molar-refractivity contribution in [1.29, 1.82) is 0 Å². The second-order valence-electron chi connectivity index (χ2n) is 4.35. The molecular formula is C15H9Cl2N3OS. The molecule has 0 aliphatic heterocycles.